The third-order valence-electron chi connectivity index (χ3n) is 2.91. The summed E-state index contributed by atoms with van der Waals surface area (Å²) in [5.41, 5.74) is 6.02. The molecule has 0 radical (unpaired) electrons. The van der Waals surface area contributed by atoms with E-state index in [-0.39, 0.29) is 37.3 Å². The number of nitrogens with one attached hydrogen (secondary N) is 2. The maximum absolute atomic E-state index is 11.7. The summed E-state index contributed by atoms with van der Waals surface area (Å²) in [4.78, 5) is 32.5. The zero-order valence-electron chi connectivity index (χ0n) is 15.1. The minimum Gasteiger partial charge on any atom is -0.493 e. The summed E-state index contributed by atoms with van der Waals surface area (Å²) >= 11 is 0. The molecule has 26 heavy (non-hydrogen) atoms. The van der Waals surface area contributed by atoms with Gasteiger partial charge in [0.2, 0.25) is 11.8 Å². The van der Waals surface area contributed by atoms with Crippen LogP contribution in [0.4, 0.5) is 0 Å². The molecule has 0 spiro atoms. The molecule has 0 fully saturated rings. The highest BCUT2D eigenvalue weighted by Gasteiger charge is 2.16. The number of esters is 1. The van der Waals surface area contributed by atoms with E-state index < -0.39 is 5.97 Å². The molecule has 1 unspecified atom stereocenters. The van der Waals surface area contributed by atoms with Gasteiger partial charge in [-0.15, -0.1) is 0 Å². The number of nitrogens with two attached hydrogens (primary N) is 1. The highest BCUT2D eigenvalue weighted by atomic mass is 31.0. The van der Waals surface area contributed by atoms with Crippen molar-refractivity contribution in [3.8, 4) is 11.5 Å². The van der Waals surface area contributed by atoms with Gasteiger partial charge < -0.3 is 25.6 Å². The minimum atomic E-state index is -0.622. The molecule has 10 heteroatoms. The number of aliphatic hydroxyl groups excluding tert-OH is 1. The predicted octanol–water partition coefficient (Wildman–Crippen LogP) is -0.221. The lowest BCUT2D eigenvalue weighted by Gasteiger charge is -2.14. The first-order chi connectivity index (χ1) is 12.3. The Morgan fingerprint density at radius 1 is 1.27 bits per heavy atom. The third-order valence-corrected chi connectivity index (χ3v) is 3.11. The van der Waals surface area contributed by atoms with E-state index in [9.17, 15) is 19.5 Å². The van der Waals surface area contributed by atoms with Crippen LogP contribution >= 0.6 is 9.39 Å². The SMILES string of the molecule is CCC(=O)NCC(=O)Oc1c(CO)cc(C)cc1OC.NC(=O)CNP. The largest absolute Gasteiger partial charge is 0.493 e. The molecular formula is C16H26N3O6P. The first-order valence-corrected chi connectivity index (χ1v) is 8.34. The molecule has 2 amide bonds. The smallest absolute Gasteiger partial charge is 0.330 e. The topological polar surface area (TPSA) is 140 Å². The number of carbonyl (C=O) groups is 3. The van der Waals surface area contributed by atoms with Gasteiger partial charge in [0.25, 0.3) is 0 Å². The lowest BCUT2D eigenvalue weighted by Crippen LogP contribution is -2.31. The van der Waals surface area contributed by atoms with E-state index in [0.29, 0.717) is 17.7 Å². The molecule has 9 nitrogen and oxygen atoms in total. The Labute approximate surface area is 154 Å². The van der Waals surface area contributed by atoms with Crippen molar-refractivity contribution < 1.29 is 29.0 Å². The highest BCUT2D eigenvalue weighted by Crippen LogP contribution is 2.32. The van der Waals surface area contributed by atoms with Crippen molar-refractivity contribution in [1.82, 2.24) is 10.4 Å². The molecule has 5 N–H and O–H groups in total. The van der Waals surface area contributed by atoms with Gasteiger partial charge in [-0.05, 0) is 24.6 Å². The second-order valence-electron chi connectivity index (χ2n) is 5.07. The summed E-state index contributed by atoms with van der Waals surface area (Å²) in [6.07, 6.45) is 0.295. The maximum Gasteiger partial charge on any atom is 0.330 e. The molecule has 1 aromatic carbocycles. The molecule has 0 heterocycles. The summed E-state index contributed by atoms with van der Waals surface area (Å²) < 4.78 is 10.3. The Morgan fingerprint density at radius 2 is 1.92 bits per heavy atom. The van der Waals surface area contributed by atoms with E-state index in [0.717, 1.165) is 5.56 Å². The Hall–Kier alpha value is -2.22. The lowest BCUT2D eigenvalue weighted by atomic mass is 10.1. The zero-order valence-corrected chi connectivity index (χ0v) is 16.3. The first kappa shape index (κ1) is 23.8. The van der Waals surface area contributed by atoms with Crippen molar-refractivity contribution in [3.63, 3.8) is 0 Å². The molecule has 0 aliphatic carbocycles. The van der Waals surface area contributed by atoms with Crippen LogP contribution in [0, 0.1) is 6.92 Å². The number of hydrogen-bond acceptors (Lipinski definition) is 7. The van der Waals surface area contributed by atoms with Crippen LogP contribution in [0.1, 0.15) is 24.5 Å². The van der Waals surface area contributed by atoms with Crippen molar-refractivity contribution in [3.05, 3.63) is 23.3 Å². The molecule has 0 bridgehead atoms. The second-order valence-corrected chi connectivity index (χ2v) is 5.47. The lowest BCUT2D eigenvalue weighted by molar-refractivity contribution is -0.135. The van der Waals surface area contributed by atoms with Crippen LogP contribution in [-0.4, -0.2) is 43.1 Å². The van der Waals surface area contributed by atoms with E-state index >= 15 is 0 Å². The van der Waals surface area contributed by atoms with Crippen molar-refractivity contribution in [1.29, 1.82) is 0 Å². The van der Waals surface area contributed by atoms with Gasteiger partial charge in [-0.3, -0.25) is 14.7 Å². The predicted molar refractivity (Wildman–Crippen MR) is 99.5 cm³/mol. The van der Waals surface area contributed by atoms with E-state index in [4.69, 9.17) is 9.47 Å². The fraction of sp³-hybridized carbons (Fsp3) is 0.438. The Morgan fingerprint density at radius 3 is 2.35 bits per heavy atom. The van der Waals surface area contributed by atoms with Crippen LogP contribution in [0.15, 0.2) is 12.1 Å². The van der Waals surface area contributed by atoms with Gasteiger partial charge in [0.05, 0.1) is 20.3 Å². The molecule has 146 valence electrons. The minimum absolute atomic E-state index is 0.177. The summed E-state index contributed by atoms with van der Waals surface area (Å²) in [7, 11) is 3.62. The molecule has 0 aliphatic rings. The van der Waals surface area contributed by atoms with Crippen LogP contribution in [0.2, 0.25) is 0 Å². The Balaban J connectivity index is 0.000000896. The van der Waals surface area contributed by atoms with Gasteiger partial charge in [-0.2, -0.15) is 0 Å². The van der Waals surface area contributed by atoms with Gasteiger partial charge in [0.1, 0.15) is 6.54 Å². The fourth-order valence-corrected chi connectivity index (χ4v) is 1.94. The van der Waals surface area contributed by atoms with Gasteiger partial charge >= 0.3 is 5.97 Å². The summed E-state index contributed by atoms with van der Waals surface area (Å²) in [6, 6.07) is 3.40. The molecule has 0 aliphatic heterocycles. The van der Waals surface area contributed by atoms with Crippen LogP contribution in [0.3, 0.4) is 0 Å². The van der Waals surface area contributed by atoms with E-state index in [1.807, 2.05) is 6.92 Å². The van der Waals surface area contributed by atoms with E-state index in [1.165, 1.54) is 7.11 Å². The number of aliphatic hydroxyl groups is 1. The number of benzene rings is 1. The van der Waals surface area contributed by atoms with Gasteiger partial charge in [-0.1, -0.05) is 16.3 Å². The summed E-state index contributed by atoms with van der Waals surface area (Å²) in [6.45, 7) is 3.25. The normalized spacial score (nSPS) is 9.58. The van der Waals surface area contributed by atoms with Crippen LogP contribution in [0.25, 0.3) is 0 Å². The molecule has 0 saturated carbocycles. The molecular weight excluding hydrogens is 361 g/mol. The van der Waals surface area contributed by atoms with Crippen molar-refractivity contribution >= 4 is 27.2 Å². The number of rotatable bonds is 8. The Kier molecular flexibility index (Phi) is 11.9. The number of amides is 2. The molecule has 1 atom stereocenters. The molecule has 0 saturated heterocycles. The Bertz CT molecular complexity index is 599. The summed E-state index contributed by atoms with van der Waals surface area (Å²) in [5.74, 6) is -0.658. The van der Waals surface area contributed by atoms with E-state index in [1.54, 1.807) is 19.1 Å². The average molecular weight is 387 g/mol. The number of hydrogen-bond donors (Lipinski definition) is 4. The average Bonchev–Trinajstić information content (AvgIpc) is 2.60. The number of methoxy groups -OCH3 is 1. The molecule has 1 rings (SSSR count). The third kappa shape index (κ3) is 9.31. The van der Waals surface area contributed by atoms with Crippen LogP contribution in [0.5, 0.6) is 11.5 Å². The fourth-order valence-electron chi connectivity index (χ4n) is 1.74. The monoisotopic (exact) mass is 387 g/mol. The molecule has 1 aromatic rings. The molecule has 0 aromatic heterocycles. The van der Waals surface area contributed by atoms with E-state index in [2.05, 4.69) is 25.5 Å². The first-order valence-electron chi connectivity index (χ1n) is 7.76. The zero-order chi connectivity index (χ0) is 20.1. The van der Waals surface area contributed by atoms with Gasteiger partial charge in [0, 0.05) is 12.0 Å². The van der Waals surface area contributed by atoms with Gasteiger partial charge in [0.15, 0.2) is 11.5 Å². The maximum atomic E-state index is 11.7. The van der Waals surface area contributed by atoms with Crippen molar-refractivity contribution in [2.75, 3.05) is 20.2 Å². The van der Waals surface area contributed by atoms with Crippen molar-refractivity contribution in [2.24, 2.45) is 5.73 Å². The van der Waals surface area contributed by atoms with Gasteiger partial charge in [-0.25, -0.2) is 4.79 Å². The number of carbonyl (C=O) groups excluding carboxylic acids is 3. The standard InChI is InChI=1S/C14H19NO5.C2H7N2OP/c1-4-12(17)15-7-13(18)20-14-10(8-16)5-9(2)6-11(14)19-3;3-2(5)1-4-6/h5-6,16H,4,7-8H2,1-3H3,(H,15,17);4H,1,6H2,(H2,3,5). The van der Waals surface area contributed by atoms with Crippen LogP contribution < -0.4 is 25.6 Å². The van der Waals surface area contributed by atoms with Crippen molar-refractivity contribution in [2.45, 2.75) is 26.9 Å². The van der Waals surface area contributed by atoms with Crippen LogP contribution in [-0.2, 0) is 21.0 Å². The second kappa shape index (κ2) is 13.0. The quantitative estimate of drug-likeness (QED) is 0.275. The number of primary amides is 1. The number of aryl methyl sites for hydroxylation is 1. The summed E-state index contributed by atoms with van der Waals surface area (Å²) in [5, 5.41) is 14.2. The highest BCUT2D eigenvalue weighted by molar-refractivity contribution is 7.13. The number of ether oxygens (including phenoxy) is 2.